The number of aliphatic hydroxyl groups excluding tert-OH is 1. The van der Waals surface area contributed by atoms with Crippen LogP contribution in [0.3, 0.4) is 0 Å². The third-order valence-electron chi connectivity index (χ3n) is 1.92. The number of hydrogen-bond donors (Lipinski definition) is 2. The van der Waals surface area contributed by atoms with E-state index >= 15 is 0 Å². The predicted octanol–water partition coefficient (Wildman–Crippen LogP) is 0.325. The van der Waals surface area contributed by atoms with Crippen molar-refractivity contribution in [1.82, 2.24) is 15.1 Å². The summed E-state index contributed by atoms with van der Waals surface area (Å²) in [5.74, 6) is 0. The summed E-state index contributed by atoms with van der Waals surface area (Å²) in [4.78, 5) is 2.20. The first kappa shape index (κ1) is 11.4. The minimum atomic E-state index is 0.231. The van der Waals surface area contributed by atoms with E-state index in [1.165, 1.54) is 11.3 Å². The van der Waals surface area contributed by atoms with E-state index < -0.39 is 0 Å². The molecule has 1 rings (SSSR count). The Labute approximate surface area is 87.6 Å². The van der Waals surface area contributed by atoms with Crippen molar-refractivity contribution in [2.45, 2.75) is 19.9 Å². The number of hydrogen-bond acceptors (Lipinski definition) is 6. The lowest BCUT2D eigenvalue weighted by atomic mass is 10.4. The SMILES string of the molecule is CCN(CCCO)Cc1nnc(N)s1. The predicted molar refractivity (Wildman–Crippen MR) is 57.0 cm³/mol. The normalized spacial score (nSPS) is 11.1. The molecule has 0 bridgehead atoms. The molecule has 0 atom stereocenters. The van der Waals surface area contributed by atoms with Crippen molar-refractivity contribution in [3.05, 3.63) is 5.01 Å². The van der Waals surface area contributed by atoms with Gasteiger partial charge < -0.3 is 10.8 Å². The molecule has 0 saturated carbocycles. The van der Waals surface area contributed by atoms with Gasteiger partial charge >= 0.3 is 0 Å². The van der Waals surface area contributed by atoms with Gasteiger partial charge in [0.25, 0.3) is 0 Å². The van der Waals surface area contributed by atoms with Crippen molar-refractivity contribution >= 4 is 16.5 Å². The van der Waals surface area contributed by atoms with Crippen LogP contribution in [0.15, 0.2) is 0 Å². The van der Waals surface area contributed by atoms with Gasteiger partial charge in [0.2, 0.25) is 5.13 Å². The topological polar surface area (TPSA) is 75.3 Å². The number of anilines is 1. The zero-order chi connectivity index (χ0) is 10.4. The quantitative estimate of drug-likeness (QED) is 0.716. The highest BCUT2D eigenvalue weighted by molar-refractivity contribution is 7.15. The maximum absolute atomic E-state index is 8.71. The number of rotatable bonds is 6. The van der Waals surface area contributed by atoms with Gasteiger partial charge in [-0.1, -0.05) is 18.3 Å². The Hall–Kier alpha value is -0.720. The van der Waals surface area contributed by atoms with E-state index in [1.807, 2.05) is 0 Å². The summed E-state index contributed by atoms with van der Waals surface area (Å²) in [6.45, 7) is 4.91. The Kier molecular flexibility index (Phi) is 4.78. The molecule has 0 spiro atoms. The van der Waals surface area contributed by atoms with Crippen LogP contribution in [0.2, 0.25) is 0 Å². The summed E-state index contributed by atoms with van der Waals surface area (Å²) in [6.07, 6.45) is 0.794. The van der Waals surface area contributed by atoms with Gasteiger partial charge in [-0.2, -0.15) is 0 Å². The molecule has 1 aromatic heterocycles. The second-order valence-electron chi connectivity index (χ2n) is 2.98. The highest BCUT2D eigenvalue weighted by atomic mass is 32.1. The van der Waals surface area contributed by atoms with E-state index in [4.69, 9.17) is 10.8 Å². The van der Waals surface area contributed by atoms with Gasteiger partial charge in [-0.3, -0.25) is 4.90 Å². The van der Waals surface area contributed by atoms with Gasteiger partial charge in [-0.25, -0.2) is 0 Å². The Morgan fingerprint density at radius 3 is 2.79 bits per heavy atom. The molecule has 0 aliphatic heterocycles. The van der Waals surface area contributed by atoms with Crippen LogP contribution in [0.4, 0.5) is 5.13 Å². The summed E-state index contributed by atoms with van der Waals surface area (Å²) in [5.41, 5.74) is 5.48. The molecule has 6 heteroatoms. The molecule has 0 unspecified atom stereocenters. The van der Waals surface area contributed by atoms with E-state index in [9.17, 15) is 0 Å². The number of nitrogens with two attached hydrogens (primary N) is 1. The summed E-state index contributed by atoms with van der Waals surface area (Å²) in [5, 5.41) is 17.9. The fourth-order valence-electron chi connectivity index (χ4n) is 1.17. The number of nitrogens with zero attached hydrogens (tertiary/aromatic N) is 3. The fraction of sp³-hybridized carbons (Fsp3) is 0.750. The lowest BCUT2D eigenvalue weighted by Crippen LogP contribution is -2.24. The molecular formula is C8H16N4OS. The Morgan fingerprint density at radius 2 is 2.29 bits per heavy atom. The summed E-state index contributed by atoms with van der Waals surface area (Å²) in [7, 11) is 0. The maximum Gasteiger partial charge on any atom is 0.203 e. The minimum absolute atomic E-state index is 0.231. The zero-order valence-corrected chi connectivity index (χ0v) is 9.13. The molecule has 3 N–H and O–H groups in total. The number of aromatic nitrogens is 2. The molecular weight excluding hydrogens is 200 g/mol. The van der Waals surface area contributed by atoms with E-state index in [0.29, 0.717) is 5.13 Å². The molecule has 80 valence electrons. The van der Waals surface area contributed by atoms with Crippen molar-refractivity contribution in [1.29, 1.82) is 0 Å². The standard InChI is InChI=1S/C8H16N4OS/c1-2-12(4-3-5-13)6-7-10-11-8(9)14-7/h13H,2-6H2,1H3,(H2,9,11). The number of nitrogen functional groups attached to an aromatic ring is 1. The Morgan fingerprint density at radius 1 is 1.50 bits per heavy atom. The molecule has 0 aromatic carbocycles. The maximum atomic E-state index is 8.71. The van der Waals surface area contributed by atoms with Gasteiger partial charge in [0.1, 0.15) is 5.01 Å². The average Bonchev–Trinajstić information content (AvgIpc) is 2.58. The molecule has 0 fully saturated rings. The second kappa shape index (κ2) is 5.90. The van der Waals surface area contributed by atoms with Crippen molar-refractivity contribution < 1.29 is 5.11 Å². The van der Waals surface area contributed by atoms with Crippen molar-refractivity contribution in [2.75, 3.05) is 25.4 Å². The highest BCUT2D eigenvalue weighted by Crippen LogP contribution is 2.13. The summed E-state index contributed by atoms with van der Waals surface area (Å²) >= 11 is 1.42. The van der Waals surface area contributed by atoms with Crippen LogP contribution < -0.4 is 5.73 Å². The van der Waals surface area contributed by atoms with Crippen LogP contribution in [0.25, 0.3) is 0 Å². The summed E-state index contributed by atoms with van der Waals surface area (Å²) in [6, 6.07) is 0. The van der Waals surface area contributed by atoms with Gasteiger partial charge in [0.05, 0.1) is 6.54 Å². The molecule has 0 radical (unpaired) electrons. The van der Waals surface area contributed by atoms with Crippen molar-refractivity contribution in [3.8, 4) is 0 Å². The van der Waals surface area contributed by atoms with Crippen LogP contribution in [0, 0.1) is 0 Å². The lowest BCUT2D eigenvalue weighted by Gasteiger charge is -2.17. The Bertz CT molecular complexity index is 266. The molecule has 0 saturated heterocycles. The van der Waals surface area contributed by atoms with Crippen LogP contribution in [0.1, 0.15) is 18.4 Å². The third kappa shape index (κ3) is 3.57. The Balaban J connectivity index is 2.40. The molecule has 0 aliphatic rings. The fourth-order valence-corrected chi connectivity index (χ4v) is 1.82. The molecule has 1 heterocycles. The third-order valence-corrected chi connectivity index (χ3v) is 2.66. The second-order valence-corrected chi connectivity index (χ2v) is 4.07. The zero-order valence-electron chi connectivity index (χ0n) is 8.31. The first-order valence-corrected chi connectivity index (χ1v) is 5.49. The van der Waals surface area contributed by atoms with Crippen LogP contribution in [-0.2, 0) is 6.54 Å². The van der Waals surface area contributed by atoms with Gasteiger partial charge in [-0.15, -0.1) is 10.2 Å². The first-order chi connectivity index (χ1) is 6.76. The van der Waals surface area contributed by atoms with Crippen LogP contribution in [-0.4, -0.2) is 39.9 Å². The van der Waals surface area contributed by atoms with Crippen LogP contribution in [0.5, 0.6) is 0 Å². The molecule has 5 nitrogen and oxygen atoms in total. The van der Waals surface area contributed by atoms with Gasteiger partial charge in [-0.05, 0) is 13.0 Å². The largest absolute Gasteiger partial charge is 0.396 e. The summed E-state index contributed by atoms with van der Waals surface area (Å²) < 4.78 is 0. The lowest BCUT2D eigenvalue weighted by molar-refractivity contribution is 0.225. The van der Waals surface area contributed by atoms with Crippen molar-refractivity contribution in [2.24, 2.45) is 0 Å². The van der Waals surface area contributed by atoms with Gasteiger partial charge in [0.15, 0.2) is 0 Å². The molecule has 0 aliphatic carbocycles. The molecule has 0 amide bonds. The van der Waals surface area contributed by atoms with Gasteiger partial charge in [0, 0.05) is 13.2 Å². The average molecular weight is 216 g/mol. The van der Waals surface area contributed by atoms with E-state index in [1.54, 1.807) is 0 Å². The van der Waals surface area contributed by atoms with E-state index in [-0.39, 0.29) is 6.61 Å². The number of aliphatic hydroxyl groups is 1. The minimum Gasteiger partial charge on any atom is -0.396 e. The first-order valence-electron chi connectivity index (χ1n) is 4.67. The monoisotopic (exact) mass is 216 g/mol. The smallest absolute Gasteiger partial charge is 0.203 e. The van der Waals surface area contributed by atoms with Crippen LogP contribution >= 0.6 is 11.3 Å². The highest BCUT2D eigenvalue weighted by Gasteiger charge is 2.06. The molecule has 1 aromatic rings. The molecule has 14 heavy (non-hydrogen) atoms. The van der Waals surface area contributed by atoms with E-state index in [0.717, 1.165) is 31.1 Å². The van der Waals surface area contributed by atoms with Crippen molar-refractivity contribution in [3.63, 3.8) is 0 Å². The van der Waals surface area contributed by atoms with E-state index in [2.05, 4.69) is 22.0 Å².